The number of pyridine rings is 1. The Hall–Kier alpha value is -1.99. The molecule has 2 aliphatic heterocycles. The zero-order chi connectivity index (χ0) is 17.5. The van der Waals surface area contributed by atoms with E-state index in [1.165, 1.54) is 12.8 Å². The molecule has 0 atom stereocenters. The summed E-state index contributed by atoms with van der Waals surface area (Å²) in [6.45, 7) is 6.45. The first kappa shape index (κ1) is 17.8. The Bertz CT molecular complexity index is 566. The fraction of sp³-hybridized carbons (Fsp3) is 0.611. The highest BCUT2D eigenvalue weighted by molar-refractivity contribution is 5.79. The molecule has 0 saturated carbocycles. The zero-order valence-electron chi connectivity index (χ0n) is 14.7. The van der Waals surface area contributed by atoms with Gasteiger partial charge in [-0.15, -0.1) is 0 Å². The van der Waals surface area contributed by atoms with Crippen LogP contribution < -0.4 is 5.32 Å². The summed E-state index contributed by atoms with van der Waals surface area (Å²) in [6, 6.07) is 3.80. The fourth-order valence-electron chi connectivity index (χ4n) is 3.35. The van der Waals surface area contributed by atoms with Crippen molar-refractivity contribution in [2.45, 2.75) is 19.4 Å². The molecule has 0 unspecified atom stereocenters. The van der Waals surface area contributed by atoms with Crippen LogP contribution in [-0.4, -0.2) is 83.9 Å². The van der Waals surface area contributed by atoms with Crippen LogP contribution >= 0.6 is 0 Å². The van der Waals surface area contributed by atoms with E-state index in [0.29, 0.717) is 32.7 Å². The summed E-state index contributed by atoms with van der Waals surface area (Å²) in [4.78, 5) is 34.7. The highest BCUT2D eigenvalue weighted by Crippen LogP contribution is 2.09. The maximum atomic E-state index is 12.3. The minimum Gasteiger partial charge on any atom is -0.351 e. The van der Waals surface area contributed by atoms with Gasteiger partial charge in [0.25, 0.3) is 0 Å². The maximum Gasteiger partial charge on any atom is 0.236 e. The molecule has 3 heterocycles. The number of nitrogens with one attached hydrogen (secondary N) is 1. The van der Waals surface area contributed by atoms with E-state index in [1.807, 2.05) is 17.0 Å². The van der Waals surface area contributed by atoms with Crippen LogP contribution in [0.15, 0.2) is 24.5 Å². The van der Waals surface area contributed by atoms with Crippen LogP contribution in [0.4, 0.5) is 0 Å². The molecule has 0 aromatic carbocycles. The normalized spacial score (nSPS) is 19.1. The number of carbonyl (C=O) groups excluding carboxylic acids is 2. The Morgan fingerprint density at radius 2 is 1.72 bits per heavy atom. The number of nitrogens with zero attached hydrogens (tertiary/aromatic N) is 4. The van der Waals surface area contributed by atoms with E-state index in [4.69, 9.17) is 0 Å². The Morgan fingerprint density at radius 1 is 1.00 bits per heavy atom. The second-order valence-corrected chi connectivity index (χ2v) is 6.78. The third kappa shape index (κ3) is 5.51. The molecule has 1 N–H and O–H groups in total. The van der Waals surface area contributed by atoms with Crippen molar-refractivity contribution in [2.75, 3.05) is 52.4 Å². The number of hydrogen-bond acceptors (Lipinski definition) is 5. The molecule has 0 spiro atoms. The van der Waals surface area contributed by atoms with Gasteiger partial charge in [-0.1, -0.05) is 6.07 Å². The lowest BCUT2D eigenvalue weighted by Crippen LogP contribution is -2.52. The summed E-state index contributed by atoms with van der Waals surface area (Å²) < 4.78 is 0. The molecule has 136 valence electrons. The summed E-state index contributed by atoms with van der Waals surface area (Å²) in [5.41, 5.74) is 0.994. The van der Waals surface area contributed by atoms with Crippen molar-refractivity contribution in [3.63, 3.8) is 0 Å². The number of aromatic nitrogens is 1. The molecule has 7 heteroatoms. The van der Waals surface area contributed by atoms with E-state index in [9.17, 15) is 9.59 Å². The first-order valence-corrected chi connectivity index (χ1v) is 9.09. The number of piperazine rings is 1. The predicted molar refractivity (Wildman–Crippen MR) is 94.8 cm³/mol. The SMILES string of the molecule is O=C(CN1CCN(C(=O)CN2CCCC2)CC1)NCc1cccnc1. The topological polar surface area (TPSA) is 68.8 Å². The summed E-state index contributed by atoms with van der Waals surface area (Å²) in [5, 5.41) is 2.92. The lowest BCUT2D eigenvalue weighted by molar-refractivity contribution is -0.134. The highest BCUT2D eigenvalue weighted by Gasteiger charge is 2.24. The average Bonchev–Trinajstić information content (AvgIpc) is 3.14. The van der Waals surface area contributed by atoms with Gasteiger partial charge in [-0.05, 0) is 37.6 Å². The summed E-state index contributed by atoms with van der Waals surface area (Å²) >= 11 is 0. The van der Waals surface area contributed by atoms with E-state index >= 15 is 0 Å². The minimum absolute atomic E-state index is 0.0145. The van der Waals surface area contributed by atoms with E-state index in [-0.39, 0.29) is 11.8 Å². The van der Waals surface area contributed by atoms with Gasteiger partial charge in [0.1, 0.15) is 0 Å². The van der Waals surface area contributed by atoms with Gasteiger partial charge in [0.2, 0.25) is 11.8 Å². The molecule has 2 saturated heterocycles. The summed E-state index contributed by atoms with van der Waals surface area (Å²) in [7, 11) is 0. The fourth-order valence-corrected chi connectivity index (χ4v) is 3.35. The second kappa shape index (κ2) is 8.92. The standard InChI is InChI=1S/C18H27N5O2/c24-17(20-13-16-4-3-5-19-12-16)14-22-8-10-23(11-9-22)18(25)15-21-6-1-2-7-21/h3-5,12H,1-2,6-11,13-15H2,(H,20,24). The second-order valence-electron chi connectivity index (χ2n) is 6.78. The Morgan fingerprint density at radius 3 is 2.40 bits per heavy atom. The third-order valence-corrected chi connectivity index (χ3v) is 4.86. The smallest absolute Gasteiger partial charge is 0.236 e. The number of carbonyl (C=O) groups is 2. The number of likely N-dealkylation sites (tertiary alicyclic amines) is 1. The van der Waals surface area contributed by atoms with Crippen molar-refractivity contribution in [1.29, 1.82) is 0 Å². The lowest BCUT2D eigenvalue weighted by Gasteiger charge is -2.35. The van der Waals surface area contributed by atoms with Crippen molar-refractivity contribution < 1.29 is 9.59 Å². The van der Waals surface area contributed by atoms with E-state index in [0.717, 1.165) is 31.7 Å². The molecule has 0 radical (unpaired) electrons. The summed E-state index contributed by atoms with van der Waals surface area (Å²) in [6.07, 6.45) is 5.88. The molecule has 25 heavy (non-hydrogen) atoms. The number of rotatable bonds is 6. The van der Waals surface area contributed by atoms with Crippen molar-refractivity contribution in [2.24, 2.45) is 0 Å². The first-order valence-electron chi connectivity index (χ1n) is 9.09. The van der Waals surface area contributed by atoms with Crippen LogP contribution in [0, 0.1) is 0 Å². The molecule has 1 aromatic rings. The van der Waals surface area contributed by atoms with Crippen LogP contribution in [0.3, 0.4) is 0 Å². The predicted octanol–water partition coefficient (Wildman–Crippen LogP) is -0.0622. The monoisotopic (exact) mass is 345 g/mol. The molecule has 3 rings (SSSR count). The molecular formula is C18H27N5O2. The van der Waals surface area contributed by atoms with Gasteiger partial charge in [0.05, 0.1) is 13.1 Å². The largest absolute Gasteiger partial charge is 0.351 e. The van der Waals surface area contributed by atoms with Crippen LogP contribution in [0.1, 0.15) is 18.4 Å². The minimum atomic E-state index is 0.0145. The van der Waals surface area contributed by atoms with Crippen molar-refractivity contribution >= 4 is 11.8 Å². The van der Waals surface area contributed by atoms with Gasteiger partial charge >= 0.3 is 0 Å². The van der Waals surface area contributed by atoms with Crippen LogP contribution in [0.5, 0.6) is 0 Å². The zero-order valence-corrected chi connectivity index (χ0v) is 14.7. The van der Waals surface area contributed by atoms with Gasteiger partial charge in [-0.3, -0.25) is 24.4 Å². The van der Waals surface area contributed by atoms with Gasteiger partial charge < -0.3 is 10.2 Å². The van der Waals surface area contributed by atoms with Crippen LogP contribution in [0.25, 0.3) is 0 Å². The quantitative estimate of drug-likeness (QED) is 0.782. The Kier molecular flexibility index (Phi) is 6.36. The third-order valence-electron chi connectivity index (χ3n) is 4.86. The molecule has 2 fully saturated rings. The van der Waals surface area contributed by atoms with Crippen LogP contribution in [0.2, 0.25) is 0 Å². The number of amides is 2. The van der Waals surface area contributed by atoms with Gasteiger partial charge in [-0.2, -0.15) is 0 Å². The average molecular weight is 345 g/mol. The number of hydrogen-bond donors (Lipinski definition) is 1. The molecule has 2 aliphatic rings. The van der Waals surface area contributed by atoms with E-state index < -0.39 is 0 Å². The molecule has 7 nitrogen and oxygen atoms in total. The maximum absolute atomic E-state index is 12.3. The van der Waals surface area contributed by atoms with Gasteiger partial charge in [-0.25, -0.2) is 0 Å². The van der Waals surface area contributed by atoms with E-state index in [1.54, 1.807) is 12.4 Å². The van der Waals surface area contributed by atoms with E-state index in [2.05, 4.69) is 20.1 Å². The molecule has 0 bridgehead atoms. The lowest BCUT2D eigenvalue weighted by atomic mass is 10.2. The molecular weight excluding hydrogens is 318 g/mol. The highest BCUT2D eigenvalue weighted by atomic mass is 16.2. The summed E-state index contributed by atoms with van der Waals surface area (Å²) in [5.74, 6) is 0.239. The van der Waals surface area contributed by atoms with Gasteiger partial charge in [0.15, 0.2) is 0 Å². The first-order chi connectivity index (χ1) is 12.2. The molecule has 2 amide bonds. The molecule has 1 aromatic heterocycles. The van der Waals surface area contributed by atoms with Crippen molar-refractivity contribution in [3.05, 3.63) is 30.1 Å². The van der Waals surface area contributed by atoms with Crippen molar-refractivity contribution in [3.8, 4) is 0 Å². The Labute approximate surface area is 149 Å². The van der Waals surface area contributed by atoms with Crippen molar-refractivity contribution in [1.82, 2.24) is 25.0 Å². The van der Waals surface area contributed by atoms with Crippen LogP contribution in [-0.2, 0) is 16.1 Å². The van der Waals surface area contributed by atoms with Gasteiger partial charge in [0, 0.05) is 45.1 Å². The Balaban J connectivity index is 1.34. The molecule has 0 aliphatic carbocycles.